The third kappa shape index (κ3) is 4.20. The van der Waals surface area contributed by atoms with Gasteiger partial charge in [-0.2, -0.15) is 13.2 Å². The van der Waals surface area contributed by atoms with Crippen LogP contribution in [0.25, 0.3) is 0 Å². The van der Waals surface area contributed by atoms with E-state index in [1.54, 1.807) is 0 Å². The highest BCUT2D eigenvalue weighted by Gasteiger charge is 2.47. The van der Waals surface area contributed by atoms with Gasteiger partial charge in [0.05, 0.1) is 12.5 Å². The van der Waals surface area contributed by atoms with Crippen LogP contribution in [0.4, 0.5) is 13.2 Å². The van der Waals surface area contributed by atoms with Gasteiger partial charge in [0.2, 0.25) is 5.91 Å². The second-order valence-corrected chi connectivity index (χ2v) is 7.25. The molecule has 2 saturated heterocycles. The number of aliphatic hydroxyl groups is 1. The molecule has 1 aromatic carbocycles. The number of alkyl halides is 3. The van der Waals surface area contributed by atoms with Crippen LogP contribution in [0, 0.1) is 0 Å². The SMILES string of the molecule is O=C(CCC(F)(F)F)N1CC[C@](O)(c2ccccc2)[C@H](N2CCCC2)C1. The molecule has 3 rings (SSSR count). The maximum atomic E-state index is 12.4. The Hall–Kier alpha value is -1.60. The topological polar surface area (TPSA) is 43.8 Å². The quantitative estimate of drug-likeness (QED) is 0.886. The molecule has 0 aliphatic carbocycles. The molecule has 0 spiro atoms. The fraction of sp³-hybridized carbons (Fsp3) is 0.632. The van der Waals surface area contributed by atoms with Crippen LogP contribution in [0.5, 0.6) is 0 Å². The Morgan fingerprint density at radius 2 is 1.81 bits per heavy atom. The molecular formula is C19H25F3N2O2. The maximum absolute atomic E-state index is 12.4. The molecule has 1 N–H and O–H groups in total. The largest absolute Gasteiger partial charge is 0.389 e. The zero-order valence-corrected chi connectivity index (χ0v) is 14.7. The minimum Gasteiger partial charge on any atom is -0.383 e. The lowest BCUT2D eigenvalue weighted by atomic mass is 9.79. The first-order chi connectivity index (χ1) is 12.3. The standard InChI is InChI=1S/C19H25F3N2O2/c20-19(21,22)9-8-17(25)24-13-10-18(26,15-6-2-1-3-7-15)16(14-24)23-11-4-5-12-23/h1-3,6-7,16,26H,4-5,8-14H2/t16-,18+/m1/s1. The number of carbonyl (C=O) groups is 1. The van der Waals surface area contributed by atoms with Crippen molar-refractivity contribution in [2.24, 2.45) is 0 Å². The number of carbonyl (C=O) groups excluding carboxylic acids is 1. The molecule has 0 radical (unpaired) electrons. The van der Waals surface area contributed by atoms with E-state index in [9.17, 15) is 23.1 Å². The van der Waals surface area contributed by atoms with Crippen molar-refractivity contribution in [2.75, 3.05) is 26.2 Å². The fourth-order valence-corrected chi connectivity index (χ4v) is 4.09. The van der Waals surface area contributed by atoms with Crippen molar-refractivity contribution < 1.29 is 23.1 Å². The fourth-order valence-electron chi connectivity index (χ4n) is 4.09. The average molecular weight is 370 g/mol. The number of halogens is 3. The van der Waals surface area contributed by atoms with Crippen molar-refractivity contribution in [3.8, 4) is 0 Å². The third-order valence-corrected chi connectivity index (χ3v) is 5.54. The van der Waals surface area contributed by atoms with E-state index in [1.807, 2.05) is 30.3 Å². The van der Waals surface area contributed by atoms with Gasteiger partial charge in [-0.1, -0.05) is 30.3 Å². The van der Waals surface area contributed by atoms with Crippen LogP contribution >= 0.6 is 0 Å². The number of benzene rings is 1. The summed E-state index contributed by atoms with van der Waals surface area (Å²) in [5.74, 6) is -0.485. The van der Waals surface area contributed by atoms with Gasteiger partial charge in [-0.05, 0) is 37.9 Å². The van der Waals surface area contributed by atoms with E-state index in [0.717, 1.165) is 31.5 Å². The zero-order chi connectivity index (χ0) is 18.8. The molecule has 144 valence electrons. The van der Waals surface area contributed by atoms with Crippen LogP contribution in [0.15, 0.2) is 30.3 Å². The summed E-state index contributed by atoms with van der Waals surface area (Å²) in [5, 5.41) is 11.5. The molecule has 0 aromatic heterocycles. The Morgan fingerprint density at radius 3 is 2.42 bits per heavy atom. The summed E-state index contributed by atoms with van der Waals surface area (Å²) >= 11 is 0. The molecule has 1 aromatic rings. The van der Waals surface area contributed by atoms with Gasteiger partial charge in [-0.3, -0.25) is 9.69 Å². The molecule has 1 amide bonds. The second kappa shape index (κ2) is 7.56. The van der Waals surface area contributed by atoms with Gasteiger partial charge in [0.1, 0.15) is 5.60 Å². The molecule has 0 unspecified atom stereocenters. The van der Waals surface area contributed by atoms with Crippen LogP contribution < -0.4 is 0 Å². The average Bonchev–Trinajstić information content (AvgIpc) is 3.14. The summed E-state index contributed by atoms with van der Waals surface area (Å²) in [6.07, 6.45) is -3.56. The first-order valence-electron chi connectivity index (χ1n) is 9.16. The van der Waals surface area contributed by atoms with Crippen molar-refractivity contribution in [3.63, 3.8) is 0 Å². The smallest absolute Gasteiger partial charge is 0.383 e. The van der Waals surface area contributed by atoms with Gasteiger partial charge in [0.25, 0.3) is 0 Å². The van der Waals surface area contributed by atoms with Crippen LogP contribution in [0.1, 0.15) is 37.7 Å². The summed E-state index contributed by atoms with van der Waals surface area (Å²) < 4.78 is 37.3. The molecule has 2 fully saturated rings. The van der Waals surface area contributed by atoms with E-state index in [0.29, 0.717) is 6.42 Å². The van der Waals surface area contributed by atoms with Crippen molar-refractivity contribution in [2.45, 2.75) is 49.9 Å². The summed E-state index contributed by atoms with van der Waals surface area (Å²) in [4.78, 5) is 15.9. The van der Waals surface area contributed by atoms with Crippen molar-refractivity contribution in [3.05, 3.63) is 35.9 Å². The number of piperidine rings is 1. The second-order valence-electron chi connectivity index (χ2n) is 7.25. The third-order valence-electron chi connectivity index (χ3n) is 5.54. The number of hydrogen-bond acceptors (Lipinski definition) is 3. The van der Waals surface area contributed by atoms with E-state index >= 15 is 0 Å². The molecule has 4 nitrogen and oxygen atoms in total. The van der Waals surface area contributed by atoms with Crippen LogP contribution in [0.2, 0.25) is 0 Å². The van der Waals surface area contributed by atoms with Gasteiger partial charge in [-0.15, -0.1) is 0 Å². The van der Waals surface area contributed by atoms with Crippen LogP contribution in [-0.2, 0) is 10.4 Å². The first-order valence-corrected chi connectivity index (χ1v) is 9.16. The normalized spacial score (nSPS) is 27.7. The molecule has 2 heterocycles. The van der Waals surface area contributed by atoms with E-state index < -0.39 is 30.5 Å². The lowest BCUT2D eigenvalue weighted by molar-refractivity contribution is -0.155. The Balaban J connectivity index is 1.77. The monoisotopic (exact) mass is 370 g/mol. The van der Waals surface area contributed by atoms with Gasteiger partial charge < -0.3 is 10.0 Å². The highest BCUT2D eigenvalue weighted by atomic mass is 19.4. The summed E-state index contributed by atoms with van der Waals surface area (Å²) in [7, 11) is 0. The summed E-state index contributed by atoms with van der Waals surface area (Å²) in [6.45, 7) is 2.21. The molecule has 0 saturated carbocycles. The highest BCUT2D eigenvalue weighted by molar-refractivity contribution is 5.76. The van der Waals surface area contributed by atoms with E-state index in [2.05, 4.69) is 4.90 Å². The lowest BCUT2D eigenvalue weighted by Gasteiger charge is -2.48. The molecule has 7 heteroatoms. The van der Waals surface area contributed by atoms with Gasteiger partial charge in [-0.25, -0.2) is 0 Å². The van der Waals surface area contributed by atoms with Crippen molar-refractivity contribution in [1.29, 1.82) is 0 Å². The van der Waals surface area contributed by atoms with Gasteiger partial charge in [0, 0.05) is 19.5 Å². The van der Waals surface area contributed by atoms with Gasteiger partial charge >= 0.3 is 6.18 Å². The first kappa shape index (κ1) is 19.2. The molecule has 0 bridgehead atoms. The van der Waals surface area contributed by atoms with E-state index in [-0.39, 0.29) is 19.1 Å². The Labute approximate surface area is 151 Å². The predicted octanol–water partition coefficient (Wildman–Crippen LogP) is 2.91. The number of amides is 1. The van der Waals surface area contributed by atoms with E-state index in [4.69, 9.17) is 0 Å². The summed E-state index contributed by atoms with van der Waals surface area (Å²) in [6, 6.07) is 9.09. The predicted molar refractivity (Wildman–Crippen MR) is 91.4 cm³/mol. The lowest BCUT2D eigenvalue weighted by Crippen LogP contribution is -2.61. The maximum Gasteiger partial charge on any atom is 0.389 e. The Morgan fingerprint density at radius 1 is 1.15 bits per heavy atom. The Bertz CT molecular complexity index is 617. The summed E-state index contributed by atoms with van der Waals surface area (Å²) in [5.41, 5.74) is -0.286. The van der Waals surface area contributed by atoms with Crippen molar-refractivity contribution >= 4 is 5.91 Å². The highest BCUT2D eigenvalue weighted by Crippen LogP contribution is 2.37. The molecule has 2 aliphatic rings. The minimum absolute atomic E-state index is 0.266. The van der Waals surface area contributed by atoms with Crippen LogP contribution in [0.3, 0.4) is 0 Å². The zero-order valence-electron chi connectivity index (χ0n) is 14.7. The van der Waals surface area contributed by atoms with Crippen LogP contribution in [-0.4, -0.2) is 59.2 Å². The number of hydrogen-bond donors (Lipinski definition) is 1. The number of nitrogens with zero attached hydrogens (tertiary/aromatic N) is 2. The van der Waals surface area contributed by atoms with E-state index in [1.165, 1.54) is 4.90 Å². The number of likely N-dealkylation sites (tertiary alicyclic amines) is 2. The molecular weight excluding hydrogens is 345 g/mol. The molecule has 2 atom stereocenters. The minimum atomic E-state index is -4.33. The van der Waals surface area contributed by atoms with Crippen molar-refractivity contribution in [1.82, 2.24) is 9.80 Å². The molecule has 26 heavy (non-hydrogen) atoms. The Kier molecular flexibility index (Phi) is 5.58. The molecule has 2 aliphatic heterocycles. The van der Waals surface area contributed by atoms with Gasteiger partial charge in [0.15, 0.2) is 0 Å². The number of rotatable bonds is 4.